The Morgan fingerprint density at radius 1 is 1.05 bits per heavy atom. The van der Waals surface area contributed by atoms with Crippen LogP contribution in [0.4, 0.5) is 0 Å². The molecule has 0 radical (unpaired) electrons. The quantitative estimate of drug-likeness (QED) is 0.844. The molecular weight excluding hydrogens is 244 g/mol. The van der Waals surface area contributed by atoms with Crippen LogP contribution in [-0.2, 0) is 0 Å². The van der Waals surface area contributed by atoms with Gasteiger partial charge in [0, 0.05) is 18.6 Å². The van der Waals surface area contributed by atoms with Gasteiger partial charge in [0.25, 0.3) is 0 Å². The molecule has 0 spiro atoms. The third-order valence-electron chi connectivity index (χ3n) is 6.02. The average Bonchev–Trinajstić information content (AvgIpc) is 3.21. The lowest BCUT2D eigenvalue weighted by Gasteiger charge is -2.46. The smallest absolute Gasteiger partial charge is 0.0124 e. The highest BCUT2D eigenvalue weighted by molar-refractivity contribution is 4.95. The Bertz CT molecular complexity index is 315. The van der Waals surface area contributed by atoms with E-state index in [2.05, 4.69) is 31.0 Å². The highest BCUT2D eigenvalue weighted by Gasteiger charge is 2.41. The molecule has 2 atom stereocenters. The highest BCUT2D eigenvalue weighted by Crippen LogP contribution is 2.43. The lowest BCUT2D eigenvalue weighted by atomic mass is 9.70. The third-order valence-corrected chi connectivity index (χ3v) is 6.02. The van der Waals surface area contributed by atoms with Gasteiger partial charge in [-0.1, -0.05) is 20.8 Å². The van der Waals surface area contributed by atoms with Crippen molar-refractivity contribution in [3.05, 3.63) is 0 Å². The summed E-state index contributed by atoms with van der Waals surface area (Å²) in [6, 6.07) is 1.82. The number of rotatable bonds is 4. The standard InChI is InChI=1S/C18H34N2/c1-14-12-18(2,3)9-6-17(14)20(16-4-5-16)13-15-7-10-19-11-8-15/h14-17,19H,4-13H2,1-3H3. The summed E-state index contributed by atoms with van der Waals surface area (Å²) >= 11 is 0. The van der Waals surface area contributed by atoms with E-state index in [9.17, 15) is 0 Å². The van der Waals surface area contributed by atoms with Gasteiger partial charge in [-0.3, -0.25) is 4.90 Å². The molecule has 1 N–H and O–H groups in total. The number of nitrogens with one attached hydrogen (secondary N) is 1. The van der Waals surface area contributed by atoms with Crippen LogP contribution in [0.1, 0.15) is 65.7 Å². The SMILES string of the molecule is CC1CC(C)(C)CCC1N(CC1CCNCC1)C1CC1. The van der Waals surface area contributed by atoms with Crippen LogP contribution in [0.25, 0.3) is 0 Å². The van der Waals surface area contributed by atoms with Crippen LogP contribution in [0, 0.1) is 17.3 Å². The fourth-order valence-corrected chi connectivity index (χ4v) is 4.75. The predicted octanol–water partition coefficient (Wildman–Crippen LogP) is 3.67. The number of hydrogen-bond acceptors (Lipinski definition) is 2. The fourth-order valence-electron chi connectivity index (χ4n) is 4.75. The van der Waals surface area contributed by atoms with Crippen LogP contribution in [0.15, 0.2) is 0 Å². The Balaban J connectivity index is 1.61. The molecule has 2 heteroatoms. The maximum Gasteiger partial charge on any atom is 0.0124 e. The van der Waals surface area contributed by atoms with Crippen molar-refractivity contribution in [1.29, 1.82) is 0 Å². The number of piperidine rings is 1. The van der Waals surface area contributed by atoms with Gasteiger partial charge >= 0.3 is 0 Å². The van der Waals surface area contributed by atoms with Crippen LogP contribution in [0.2, 0.25) is 0 Å². The predicted molar refractivity (Wildman–Crippen MR) is 85.9 cm³/mol. The number of nitrogens with zero attached hydrogens (tertiary/aromatic N) is 1. The summed E-state index contributed by atoms with van der Waals surface area (Å²) in [4.78, 5) is 2.95. The van der Waals surface area contributed by atoms with Crippen molar-refractivity contribution in [1.82, 2.24) is 10.2 Å². The molecule has 0 aromatic heterocycles. The first-order chi connectivity index (χ1) is 9.55. The monoisotopic (exact) mass is 278 g/mol. The molecule has 2 saturated carbocycles. The van der Waals surface area contributed by atoms with Gasteiger partial charge in [-0.2, -0.15) is 0 Å². The van der Waals surface area contributed by atoms with Gasteiger partial charge in [-0.05, 0) is 75.3 Å². The Morgan fingerprint density at radius 3 is 2.35 bits per heavy atom. The Labute approximate surface area is 125 Å². The lowest BCUT2D eigenvalue weighted by molar-refractivity contribution is 0.0408. The molecule has 3 aliphatic rings. The molecule has 2 aliphatic carbocycles. The second-order valence-electron chi connectivity index (χ2n) is 8.57. The molecule has 1 heterocycles. The van der Waals surface area contributed by atoms with E-state index in [1.54, 1.807) is 0 Å². The normalized spacial score (nSPS) is 35.4. The molecule has 3 rings (SSSR count). The summed E-state index contributed by atoms with van der Waals surface area (Å²) in [6.45, 7) is 11.3. The molecule has 1 aliphatic heterocycles. The summed E-state index contributed by atoms with van der Waals surface area (Å²) in [6.07, 6.45) is 10.0. The van der Waals surface area contributed by atoms with Crippen LogP contribution in [-0.4, -0.2) is 36.6 Å². The Kier molecular flexibility index (Phi) is 4.42. The van der Waals surface area contributed by atoms with Crippen LogP contribution in [0.3, 0.4) is 0 Å². The van der Waals surface area contributed by atoms with Gasteiger partial charge in [-0.25, -0.2) is 0 Å². The van der Waals surface area contributed by atoms with Gasteiger partial charge in [0.15, 0.2) is 0 Å². The molecule has 2 nitrogen and oxygen atoms in total. The largest absolute Gasteiger partial charge is 0.317 e. The van der Waals surface area contributed by atoms with E-state index < -0.39 is 0 Å². The lowest BCUT2D eigenvalue weighted by Crippen LogP contribution is -2.48. The van der Waals surface area contributed by atoms with Crippen molar-refractivity contribution in [2.45, 2.75) is 77.8 Å². The second-order valence-corrected chi connectivity index (χ2v) is 8.57. The first-order valence-corrected chi connectivity index (χ1v) is 9.02. The van der Waals surface area contributed by atoms with E-state index in [-0.39, 0.29) is 0 Å². The van der Waals surface area contributed by atoms with Gasteiger partial charge in [0.1, 0.15) is 0 Å². The Hall–Kier alpha value is -0.0800. The Morgan fingerprint density at radius 2 is 1.75 bits per heavy atom. The maximum absolute atomic E-state index is 3.51. The van der Waals surface area contributed by atoms with E-state index in [0.717, 1.165) is 23.9 Å². The molecule has 116 valence electrons. The topological polar surface area (TPSA) is 15.3 Å². The molecule has 0 bridgehead atoms. The van der Waals surface area contributed by atoms with Crippen molar-refractivity contribution in [3.63, 3.8) is 0 Å². The van der Waals surface area contributed by atoms with Crippen molar-refractivity contribution in [3.8, 4) is 0 Å². The molecule has 0 aromatic carbocycles. The minimum Gasteiger partial charge on any atom is -0.317 e. The number of hydrogen-bond donors (Lipinski definition) is 1. The average molecular weight is 278 g/mol. The molecule has 0 aromatic rings. The van der Waals surface area contributed by atoms with Crippen LogP contribution < -0.4 is 5.32 Å². The molecule has 1 saturated heterocycles. The summed E-state index contributed by atoms with van der Waals surface area (Å²) in [5.41, 5.74) is 0.583. The van der Waals surface area contributed by atoms with Crippen molar-refractivity contribution in [2.24, 2.45) is 17.3 Å². The fraction of sp³-hybridized carbons (Fsp3) is 1.00. The maximum atomic E-state index is 3.51. The van der Waals surface area contributed by atoms with Gasteiger partial charge in [0.2, 0.25) is 0 Å². The zero-order chi connectivity index (χ0) is 14.2. The van der Waals surface area contributed by atoms with Crippen LogP contribution in [0.5, 0.6) is 0 Å². The van der Waals surface area contributed by atoms with E-state index >= 15 is 0 Å². The van der Waals surface area contributed by atoms with E-state index in [0.29, 0.717) is 5.41 Å². The van der Waals surface area contributed by atoms with Crippen molar-refractivity contribution < 1.29 is 0 Å². The molecule has 3 fully saturated rings. The molecule has 20 heavy (non-hydrogen) atoms. The zero-order valence-electron chi connectivity index (χ0n) is 13.8. The summed E-state index contributed by atoms with van der Waals surface area (Å²) in [7, 11) is 0. The van der Waals surface area contributed by atoms with Crippen molar-refractivity contribution >= 4 is 0 Å². The third kappa shape index (κ3) is 3.57. The highest BCUT2D eigenvalue weighted by atomic mass is 15.2. The van der Waals surface area contributed by atoms with Crippen LogP contribution >= 0.6 is 0 Å². The first kappa shape index (κ1) is 14.8. The minimum atomic E-state index is 0.583. The van der Waals surface area contributed by atoms with Gasteiger partial charge in [-0.15, -0.1) is 0 Å². The summed E-state index contributed by atoms with van der Waals surface area (Å²) in [5, 5.41) is 3.51. The molecule has 0 amide bonds. The zero-order valence-corrected chi connectivity index (χ0v) is 13.8. The van der Waals surface area contributed by atoms with Gasteiger partial charge in [0.05, 0.1) is 0 Å². The second kappa shape index (κ2) is 5.96. The minimum absolute atomic E-state index is 0.583. The van der Waals surface area contributed by atoms with E-state index in [4.69, 9.17) is 0 Å². The van der Waals surface area contributed by atoms with E-state index in [1.807, 2.05) is 0 Å². The molecule has 2 unspecified atom stereocenters. The van der Waals surface area contributed by atoms with Crippen molar-refractivity contribution in [2.75, 3.05) is 19.6 Å². The molecular formula is C18H34N2. The summed E-state index contributed by atoms with van der Waals surface area (Å²) in [5.74, 6) is 1.85. The van der Waals surface area contributed by atoms with Gasteiger partial charge < -0.3 is 5.32 Å². The summed E-state index contributed by atoms with van der Waals surface area (Å²) < 4.78 is 0. The van der Waals surface area contributed by atoms with E-state index in [1.165, 1.54) is 64.6 Å². The first-order valence-electron chi connectivity index (χ1n) is 9.02.